The Morgan fingerprint density at radius 1 is 1.04 bits per heavy atom. The van der Waals surface area contributed by atoms with Crippen molar-refractivity contribution in [3.8, 4) is 5.75 Å². The molecule has 0 saturated carbocycles. The molecule has 8 nitrogen and oxygen atoms in total. The van der Waals surface area contributed by atoms with Crippen molar-refractivity contribution in [3.05, 3.63) is 53.6 Å². The first-order valence-corrected chi connectivity index (χ1v) is 8.18. The smallest absolute Gasteiger partial charge is 0.323 e. The Morgan fingerprint density at radius 2 is 1.74 bits per heavy atom. The van der Waals surface area contributed by atoms with Crippen LogP contribution in [0, 0.1) is 6.92 Å². The van der Waals surface area contributed by atoms with Gasteiger partial charge in [0, 0.05) is 5.69 Å². The number of methoxy groups -OCH3 is 1. The number of nitrogens with one attached hydrogen (secondary N) is 3. The van der Waals surface area contributed by atoms with Crippen molar-refractivity contribution < 1.29 is 24.2 Å². The highest BCUT2D eigenvalue weighted by atomic mass is 16.5. The number of aliphatic carboxylic acids is 1. The number of hydrogen-bond donors (Lipinski definition) is 4. The molecule has 2 aromatic carbocycles. The van der Waals surface area contributed by atoms with E-state index in [4.69, 9.17) is 9.84 Å². The normalized spacial score (nSPS) is 10.0. The van der Waals surface area contributed by atoms with Crippen LogP contribution in [0.15, 0.2) is 42.5 Å². The Labute approximate surface area is 156 Å². The molecule has 27 heavy (non-hydrogen) atoms. The van der Waals surface area contributed by atoms with Crippen LogP contribution in [-0.2, 0) is 16.0 Å². The van der Waals surface area contributed by atoms with Gasteiger partial charge in [0.15, 0.2) is 0 Å². The van der Waals surface area contributed by atoms with Gasteiger partial charge < -0.3 is 25.8 Å². The summed E-state index contributed by atoms with van der Waals surface area (Å²) in [6.45, 7) is 1.45. The van der Waals surface area contributed by atoms with Crippen LogP contribution in [0.25, 0.3) is 0 Å². The van der Waals surface area contributed by atoms with Crippen LogP contribution in [0.5, 0.6) is 5.75 Å². The molecule has 3 amide bonds. The topological polar surface area (TPSA) is 117 Å². The molecule has 0 aliphatic rings. The van der Waals surface area contributed by atoms with Gasteiger partial charge in [-0.25, -0.2) is 4.79 Å². The first-order chi connectivity index (χ1) is 12.9. The fourth-order valence-corrected chi connectivity index (χ4v) is 2.36. The third kappa shape index (κ3) is 6.03. The maximum atomic E-state index is 12.2. The van der Waals surface area contributed by atoms with Gasteiger partial charge in [0.1, 0.15) is 12.3 Å². The molecule has 0 aliphatic heterocycles. The van der Waals surface area contributed by atoms with E-state index in [1.54, 1.807) is 24.3 Å². The van der Waals surface area contributed by atoms with Gasteiger partial charge in [-0.3, -0.25) is 9.59 Å². The largest absolute Gasteiger partial charge is 0.495 e. The van der Waals surface area contributed by atoms with Crippen molar-refractivity contribution in [1.82, 2.24) is 5.32 Å². The van der Waals surface area contributed by atoms with Crippen LogP contribution in [-0.4, -0.2) is 36.7 Å². The van der Waals surface area contributed by atoms with Crippen molar-refractivity contribution >= 4 is 29.3 Å². The molecule has 2 aromatic rings. The molecule has 142 valence electrons. The molecule has 0 unspecified atom stereocenters. The van der Waals surface area contributed by atoms with E-state index < -0.39 is 24.5 Å². The summed E-state index contributed by atoms with van der Waals surface area (Å²) in [6, 6.07) is 11.9. The second-order valence-electron chi connectivity index (χ2n) is 5.78. The molecule has 0 spiro atoms. The molecule has 4 N–H and O–H groups in total. The molecular weight excluding hydrogens is 350 g/mol. The average molecular weight is 371 g/mol. The van der Waals surface area contributed by atoms with Crippen molar-refractivity contribution in [2.24, 2.45) is 0 Å². The van der Waals surface area contributed by atoms with Gasteiger partial charge in [0.05, 0.1) is 19.2 Å². The Kier molecular flexibility index (Phi) is 6.76. The molecule has 0 aromatic heterocycles. The first-order valence-electron chi connectivity index (χ1n) is 8.18. The summed E-state index contributed by atoms with van der Waals surface area (Å²) >= 11 is 0. The zero-order valence-corrected chi connectivity index (χ0v) is 15.0. The number of carbonyl (C=O) groups excluding carboxylic acids is 2. The number of carboxylic acids is 1. The van der Waals surface area contributed by atoms with Crippen LogP contribution in [0.4, 0.5) is 16.2 Å². The van der Waals surface area contributed by atoms with E-state index in [1.807, 2.05) is 25.1 Å². The molecular formula is C19H21N3O5. The zero-order chi connectivity index (χ0) is 19.8. The van der Waals surface area contributed by atoms with E-state index >= 15 is 0 Å². The minimum Gasteiger partial charge on any atom is -0.495 e. The van der Waals surface area contributed by atoms with E-state index in [2.05, 4.69) is 16.0 Å². The van der Waals surface area contributed by atoms with Crippen LogP contribution >= 0.6 is 0 Å². The molecule has 0 saturated heterocycles. The second-order valence-corrected chi connectivity index (χ2v) is 5.78. The number of urea groups is 1. The lowest BCUT2D eigenvalue weighted by Gasteiger charge is -2.13. The summed E-state index contributed by atoms with van der Waals surface area (Å²) in [4.78, 5) is 34.4. The molecule has 0 radical (unpaired) electrons. The van der Waals surface area contributed by atoms with Gasteiger partial charge in [-0.05, 0) is 36.2 Å². The summed E-state index contributed by atoms with van der Waals surface area (Å²) in [7, 11) is 1.45. The summed E-state index contributed by atoms with van der Waals surface area (Å²) in [5, 5.41) is 16.3. The highest BCUT2D eigenvalue weighted by molar-refractivity contribution is 6.01. The number of para-hydroxylation sites is 1. The highest BCUT2D eigenvalue weighted by Crippen LogP contribution is 2.26. The third-order valence-electron chi connectivity index (χ3n) is 3.71. The lowest BCUT2D eigenvalue weighted by molar-refractivity contribution is -0.137. The number of rotatable bonds is 7. The zero-order valence-electron chi connectivity index (χ0n) is 15.0. The van der Waals surface area contributed by atoms with E-state index in [-0.39, 0.29) is 6.42 Å². The number of hydrogen-bond acceptors (Lipinski definition) is 4. The third-order valence-corrected chi connectivity index (χ3v) is 3.71. The summed E-state index contributed by atoms with van der Waals surface area (Å²) in [5.74, 6) is -1.14. The maximum absolute atomic E-state index is 12.2. The molecule has 2 rings (SSSR count). The second kappa shape index (κ2) is 9.23. The van der Waals surface area contributed by atoms with E-state index in [9.17, 15) is 14.4 Å². The van der Waals surface area contributed by atoms with Gasteiger partial charge in [-0.15, -0.1) is 0 Å². The number of ether oxygens (including phenoxy) is 1. The average Bonchev–Trinajstić information content (AvgIpc) is 2.63. The van der Waals surface area contributed by atoms with Crippen molar-refractivity contribution in [2.45, 2.75) is 13.3 Å². The summed E-state index contributed by atoms with van der Waals surface area (Å²) < 4.78 is 5.27. The summed E-state index contributed by atoms with van der Waals surface area (Å²) in [5.41, 5.74) is 2.70. The van der Waals surface area contributed by atoms with Gasteiger partial charge in [-0.1, -0.05) is 24.3 Å². The number of benzene rings is 2. The number of aryl methyl sites for hydroxylation is 1. The van der Waals surface area contributed by atoms with E-state index in [1.165, 1.54) is 7.11 Å². The highest BCUT2D eigenvalue weighted by Gasteiger charge is 2.12. The maximum Gasteiger partial charge on any atom is 0.323 e. The standard InChI is InChI=1S/C19H21N3O5/c1-12-5-3-4-6-14(12)21-19(26)22-15-8-7-13(9-16(15)27-2)10-17(23)20-11-18(24)25/h3-9H,10-11H2,1-2H3,(H,20,23)(H,24,25)(H2,21,22,26). The monoisotopic (exact) mass is 371 g/mol. The lowest BCUT2D eigenvalue weighted by Crippen LogP contribution is -2.30. The fraction of sp³-hybridized carbons (Fsp3) is 0.211. The Hall–Kier alpha value is -3.55. The van der Waals surface area contributed by atoms with Crippen LogP contribution in [0.2, 0.25) is 0 Å². The molecule has 0 aliphatic carbocycles. The van der Waals surface area contributed by atoms with Crippen molar-refractivity contribution in [1.29, 1.82) is 0 Å². The quantitative estimate of drug-likeness (QED) is 0.596. The SMILES string of the molecule is COc1cc(CC(=O)NCC(=O)O)ccc1NC(=O)Nc1ccccc1C. The Balaban J connectivity index is 2.03. The Morgan fingerprint density at radius 3 is 2.41 bits per heavy atom. The van der Waals surface area contributed by atoms with Gasteiger partial charge in [0.25, 0.3) is 0 Å². The molecule has 0 bridgehead atoms. The molecule has 0 fully saturated rings. The number of amides is 3. The number of carboxylic acid groups (broad SMARTS) is 1. The molecule has 8 heteroatoms. The number of carbonyl (C=O) groups is 3. The summed E-state index contributed by atoms with van der Waals surface area (Å²) in [6.07, 6.45) is -0.000668. The number of anilines is 2. The fourth-order valence-electron chi connectivity index (χ4n) is 2.36. The van der Waals surface area contributed by atoms with Crippen LogP contribution in [0.1, 0.15) is 11.1 Å². The van der Waals surface area contributed by atoms with Gasteiger partial charge in [0.2, 0.25) is 5.91 Å². The van der Waals surface area contributed by atoms with Crippen LogP contribution < -0.4 is 20.7 Å². The lowest BCUT2D eigenvalue weighted by atomic mass is 10.1. The molecule has 0 heterocycles. The predicted molar refractivity (Wildman–Crippen MR) is 101 cm³/mol. The van der Waals surface area contributed by atoms with E-state index in [0.29, 0.717) is 22.7 Å². The minimum atomic E-state index is -1.11. The van der Waals surface area contributed by atoms with Crippen LogP contribution in [0.3, 0.4) is 0 Å². The minimum absolute atomic E-state index is 0.000668. The van der Waals surface area contributed by atoms with E-state index in [0.717, 1.165) is 5.56 Å². The van der Waals surface area contributed by atoms with Gasteiger partial charge >= 0.3 is 12.0 Å². The Bertz CT molecular complexity index is 851. The van der Waals surface area contributed by atoms with Crippen molar-refractivity contribution in [2.75, 3.05) is 24.3 Å². The van der Waals surface area contributed by atoms with Crippen molar-refractivity contribution in [3.63, 3.8) is 0 Å². The molecule has 0 atom stereocenters. The first kappa shape index (κ1) is 19.8. The van der Waals surface area contributed by atoms with Gasteiger partial charge in [-0.2, -0.15) is 0 Å². The predicted octanol–water partition coefficient (Wildman–Crippen LogP) is 2.39.